The van der Waals surface area contributed by atoms with Gasteiger partial charge in [-0.05, 0) is 93.9 Å². The molecule has 0 fully saturated rings. The van der Waals surface area contributed by atoms with Crippen LogP contribution in [0.25, 0.3) is 0 Å². The zero-order chi connectivity index (χ0) is 35.8. The Balaban J connectivity index is 1.36. The molecule has 0 heterocycles. The SMILES string of the molecule is CCN(CC)c1ccc(/C=N/N(CC(O)COc2cc(N(CC)CC)ccc2/C=N/N(c2ccccc2)c2ccccc2)c2ccccc2)cc1. The molecule has 1 unspecified atom stereocenters. The first-order valence-corrected chi connectivity index (χ1v) is 17.9. The first kappa shape index (κ1) is 36.7. The third-order valence-electron chi connectivity index (χ3n) is 8.68. The van der Waals surface area contributed by atoms with Crippen molar-refractivity contribution in [1.82, 2.24) is 0 Å². The van der Waals surface area contributed by atoms with Crippen LogP contribution in [0.2, 0.25) is 0 Å². The average molecular weight is 683 g/mol. The van der Waals surface area contributed by atoms with Crippen LogP contribution in [0.15, 0.2) is 144 Å². The average Bonchev–Trinajstić information content (AvgIpc) is 3.19. The van der Waals surface area contributed by atoms with Crippen LogP contribution in [-0.4, -0.2) is 63.0 Å². The summed E-state index contributed by atoms with van der Waals surface area (Å²) in [4.78, 5) is 4.58. The molecule has 1 N–H and O–H groups in total. The second-order valence-electron chi connectivity index (χ2n) is 12.0. The number of rotatable bonds is 18. The van der Waals surface area contributed by atoms with Gasteiger partial charge in [-0.3, -0.25) is 5.01 Å². The van der Waals surface area contributed by atoms with Gasteiger partial charge in [0, 0.05) is 49.2 Å². The van der Waals surface area contributed by atoms with Crippen LogP contribution in [0.4, 0.5) is 28.4 Å². The first-order chi connectivity index (χ1) is 25.0. The van der Waals surface area contributed by atoms with Crippen LogP contribution < -0.4 is 24.6 Å². The molecular weight excluding hydrogens is 633 g/mol. The molecule has 51 heavy (non-hydrogen) atoms. The predicted molar refractivity (Wildman–Crippen MR) is 216 cm³/mol. The van der Waals surface area contributed by atoms with Gasteiger partial charge in [0.05, 0.1) is 36.0 Å². The van der Waals surface area contributed by atoms with E-state index in [0.717, 1.165) is 60.1 Å². The van der Waals surface area contributed by atoms with Gasteiger partial charge in [-0.15, -0.1) is 0 Å². The molecule has 1 atom stereocenters. The molecule has 0 radical (unpaired) electrons. The van der Waals surface area contributed by atoms with E-state index >= 15 is 0 Å². The third kappa shape index (κ3) is 10.2. The number of hydrazone groups is 2. The van der Waals surface area contributed by atoms with Crippen molar-refractivity contribution in [2.75, 3.05) is 59.1 Å². The van der Waals surface area contributed by atoms with Gasteiger partial charge < -0.3 is 19.6 Å². The number of benzene rings is 5. The first-order valence-electron chi connectivity index (χ1n) is 17.9. The van der Waals surface area contributed by atoms with Crippen LogP contribution in [0.3, 0.4) is 0 Å². The molecule has 0 amide bonds. The number of ether oxygens (including phenoxy) is 1. The standard InChI is InChI=1S/C43H50N6O2/c1-5-46(6-2)37-27-24-35(25-28-37)31-44-48(38-18-12-9-13-19-38)33-42(50)34-51-43-30-41(47(7-3)8-4)29-26-36(43)32-45-49(39-20-14-10-15-21-39)40-22-16-11-17-23-40/h9-32,42,50H,5-8,33-34H2,1-4H3/b44-31+,45-32+. The summed E-state index contributed by atoms with van der Waals surface area (Å²) in [6.07, 6.45) is 2.82. The minimum atomic E-state index is -0.834. The highest BCUT2D eigenvalue weighted by Gasteiger charge is 2.16. The lowest BCUT2D eigenvalue weighted by Gasteiger charge is -2.24. The summed E-state index contributed by atoms with van der Waals surface area (Å²) in [6.45, 7) is 12.6. The lowest BCUT2D eigenvalue weighted by Crippen LogP contribution is -2.33. The van der Waals surface area contributed by atoms with Crippen LogP contribution >= 0.6 is 0 Å². The van der Waals surface area contributed by atoms with Gasteiger partial charge >= 0.3 is 0 Å². The van der Waals surface area contributed by atoms with Crippen molar-refractivity contribution in [3.63, 3.8) is 0 Å². The largest absolute Gasteiger partial charge is 0.490 e. The summed E-state index contributed by atoms with van der Waals surface area (Å²) < 4.78 is 6.41. The highest BCUT2D eigenvalue weighted by Crippen LogP contribution is 2.28. The molecule has 0 bridgehead atoms. The van der Waals surface area contributed by atoms with Crippen molar-refractivity contribution in [2.24, 2.45) is 10.2 Å². The highest BCUT2D eigenvalue weighted by molar-refractivity contribution is 5.86. The quantitative estimate of drug-likeness (QED) is 0.0736. The molecule has 0 aliphatic rings. The number of nitrogens with zero attached hydrogens (tertiary/aromatic N) is 6. The molecular formula is C43H50N6O2. The number of para-hydroxylation sites is 3. The number of anilines is 5. The molecule has 5 aromatic rings. The molecule has 5 rings (SSSR count). The van der Waals surface area contributed by atoms with E-state index in [0.29, 0.717) is 5.75 Å². The third-order valence-corrected chi connectivity index (χ3v) is 8.68. The number of hydrogen-bond acceptors (Lipinski definition) is 8. The van der Waals surface area contributed by atoms with Gasteiger partial charge in [-0.25, -0.2) is 5.01 Å². The lowest BCUT2D eigenvalue weighted by molar-refractivity contribution is 0.112. The molecule has 5 aromatic carbocycles. The molecule has 8 nitrogen and oxygen atoms in total. The van der Waals surface area contributed by atoms with E-state index in [1.165, 1.54) is 5.69 Å². The van der Waals surface area contributed by atoms with Crippen LogP contribution in [0.1, 0.15) is 38.8 Å². The normalized spacial score (nSPS) is 11.9. The fourth-order valence-corrected chi connectivity index (χ4v) is 5.83. The van der Waals surface area contributed by atoms with E-state index in [4.69, 9.17) is 14.9 Å². The second-order valence-corrected chi connectivity index (χ2v) is 12.0. The van der Waals surface area contributed by atoms with Gasteiger partial charge in [-0.1, -0.05) is 66.7 Å². The van der Waals surface area contributed by atoms with Crippen molar-refractivity contribution >= 4 is 40.9 Å². The molecule has 0 saturated heterocycles. The Morgan fingerprint density at radius 2 is 1.08 bits per heavy atom. The summed E-state index contributed by atoms with van der Waals surface area (Å²) in [5.41, 5.74) is 6.79. The Labute approximate surface area is 303 Å². The van der Waals surface area contributed by atoms with Crippen molar-refractivity contribution < 1.29 is 9.84 Å². The van der Waals surface area contributed by atoms with Crippen molar-refractivity contribution in [3.8, 4) is 5.75 Å². The zero-order valence-electron chi connectivity index (χ0n) is 30.2. The Bertz CT molecular complexity index is 1750. The molecule has 0 aromatic heterocycles. The lowest BCUT2D eigenvalue weighted by atomic mass is 10.1. The van der Waals surface area contributed by atoms with Crippen LogP contribution in [0.5, 0.6) is 5.75 Å². The summed E-state index contributed by atoms with van der Waals surface area (Å²) in [5.74, 6) is 0.645. The van der Waals surface area contributed by atoms with Gasteiger partial charge in [0.1, 0.15) is 18.5 Å². The van der Waals surface area contributed by atoms with Crippen molar-refractivity contribution in [1.29, 1.82) is 0 Å². The van der Waals surface area contributed by atoms with Crippen molar-refractivity contribution in [3.05, 3.63) is 145 Å². The maximum absolute atomic E-state index is 11.4. The van der Waals surface area contributed by atoms with E-state index in [2.05, 4.69) is 67.8 Å². The Hall–Kier alpha value is -5.60. The number of aliphatic hydroxyl groups is 1. The molecule has 0 aliphatic carbocycles. The summed E-state index contributed by atoms with van der Waals surface area (Å²) in [6, 6.07) is 44.5. The van der Waals surface area contributed by atoms with Gasteiger partial charge in [0.25, 0.3) is 0 Å². The van der Waals surface area contributed by atoms with Crippen LogP contribution in [0, 0.1) is 0 Å². The molecule has 0 saturated carbocycles. The predicted octanol–water partition coefficient (Wildman–Crippen LogP) is 8.83. The van der Waals surface area contributed by atoms with E-state index in [9.17, 15) is 5.11 Å². The second kappa shape index (κ2) is 19.0. The molecule has 8 heteroatoms. The minimum absolute atomic E-state index is 0.0705. The minimum Gasteiger partial charge on any atom is -0.490 e. The summed E-state index contributed by atoms with van der Waals surface area (Å²) in [5, 5.41) is 24.8. The maximum Gasteiger partial charge on any atom is 0.130 e. The smallest absolute Gasteiger partial charge is 0.130 e. The van der Waals surface area contributed by atoms with E-state index in [1.54, 1.807) is 0 Å². The fraction of sp³-hybridized carbons (Fsp3) is 0.256. The van der Waals surface area contributed by atoms with Gasteiger partial charge in [0.15, 0.2) is 0 Å². The monoisotopic (exact) mass is 682 g/mol. The maximum atomic E-state index is 11.4. The summed E-state index contributed by atoms with van der Waals surface area (Å²) >= 11 is 0. The van der Waals surface area contributed by atoms with E-state index in [-0.39, 0.29) is 13.2 Å². The van der Waals surface area contributed by atoms with Crippen molar-refractivity contribution in [2.45, 2.75) is 33.8 Å². The van der Waals surface area contributed by atoms with Gasteiger partial charge in [0.2, 0.25) is 0 Å². The number of hydrogen-bond donors (Lipinski definition) is 1. The summed E-state index contributed by atoms with van der Waals surface area (Å²) in [7, 11) is 0. The van der Waals surface area contributed by atoms with E-state index in [1.807, 2.05) is 126 Å². The van der Waals surface area contributed by atoms with Crippen LogP contribution in [-0.2, 0) is 0 Å². The fourth-order valence-electron chi connectivity index (χ4n) is 5.83. The zero-order valence-corrected chi connectivity index (χ0v) is 30.2. The Kier molecular flexibility index (Phi) is 13.6. The topological polar surface area (TPSA) is 67.1 Å². The number of aliphatic hydroxyl groups excluding tert-OH is 1. The van der Waals surface area contributed by atoms with E-state index < -0.39 is 6.10 Å². The Morgan fingerprint density at radius 1 is 0.569 bits per heavy atom. The Morgan fingerprint density at radius 3 is 1.63 bits per heavy atom. The highest BCUT2D eigenvalue weighted by atomic mass is 16.5. The molecule has 0 spiro atoms. The molecule has 0 aliphatic heterocycles. The molecule has 264 valence electrons. The van der Waals surface area contributed by atoms with Gasteiger partial charge in [-0.2, -0.15) is 10.2 Å².